The van der Waals surface area contributed by atoms with E-state index in [2.05, 4.69) is 0 Å². The van der Waals surface area contributed by atoms with Gasteiger partial charge in [-0.3, -0.25) is 0 Å². The van der Waals surface area contributed by atoms with Crippen LogP contribution >= 0.6 is 0 Å². The fraction of sp³-hybridized carbons (Fsp3) is 0.455. The van der Waals surface area contributed by atoms with Crippen molar-refractivity contribution in [2.75, 3.05) is 6.54 Å². The Bertz CT molecular complexity index is 391. The molecule has 0 aromatic heterocycles. The molecule has 0 saturated heterocycles. The summed E-state index contributed by atoms with van der Waals surface area (Å²) in [5.74, 6) is -1.24. The number of hydrogen-bond donors (Lipinski definition) is 3. The minimum Gasteiger partial charge on any atom is -0.504 e. The molecule has 0 bridgehead atoms. The highest BCUT2D eigenvalue weighted by Gasteiger charge is 2.34. The number of rotatable bonds is 4. The predicted molar refractivity (Wildman–Crippen MR) is 56.8 cm³/mol. The van der Waals surface area contributed by atoms with Gasteiger partial charge >= 0.3 is 6.18 Å². The SMILES string of the molecule is NCCCCc1c(C(F)(F)F)ccc(O)c1O. The standard InChI is InChI=1S/C11H14F3NO2/c12-11(13,14)8-4-5-9(16)10(17)7(8)3-1-2-6-15/h4-5,16-17H,1-3,6,15H2. The monoisotopic (exact) mass is 249 g/mol. The van der Waals surface area contributed by atoms with Gasteiger partial charge in [0.2, 0.25) is 0 Å². The van der Waals surface area contributed by atoms with Crippen LogP contribution in [-0.4, -0.2) is 16.8 Å². The number of unbranched alkanes of at least 4 members (excludes halogenated alkanes) is 1. The lowest BCUT2D eigenvalue weighted by Gasteiger charge is -2.14. The summed E-state index contributed by atoms with van der Waals surface area (Å²) in [7, 11) is 0. The Morgan fingerprint density at radius 3 is 2.29 bits per heavy atom. The van der Waals surface area contributed by atoms with E-state index in [1.807, 2.05) is 0 Å². The largest absolute Gasteiger partial charge is 0.504 e. The van der Waals surface area contributed by atoms with Gasteiger partial charge in [0, 0.05) is 5.56 Å². The summed E-state index contributed by atoms with van der Waals surface area (Å²) in [4.78, 5) is 0. The molecule has 0 spiro atoms. The minimum absolute atomic E-state index is 0.0340. The first-order valence-corrected chi connectivity index (χ1v) is 5.19. The molecule has 6 heteroatoms. The van der Waals surface area contributed by atoms with Crippen LogP contribution in [0.4, 0.5) is 13.2 Å². The average Bonchev–Trinajstić information content (AvgIpc) is 2.23. The van der Waals surface area contributed by atoms with Gasteiger partial charge in [-0.1, -0.05) is 0 Å². The number of hydrogen-bond acceptors (Lipinski definition) is 3. The van der Waals surface area contributed by atoms with Crippen molar-refractivity contribution in [3.63, 3.8) is 0 Å². The number of phenolic OH excluding ortho intramolecular Hbond substituents is 2. The van der Waals surface area contributed by atoms with Crippen molar-refractivity contribution in [2.45, 2.75) is 25.4 Å². The van der Waals surface area contributed by atoms with Gasteiger partial charge in [-0.15, -0.1) is 0 Å². The molecule has 0 heterocycles. The maximum absolute atomic E-state index is 12.7. The molecule has 0 aliphatic rings. The molecule has 0 radical (unpaired) electrons. The predicted octanol–water partition coefficient (Wildman–Crippen LogP) is 2.40. The van der Waals surface area contributed by atoms with Crippen LogP contribution in [0, 0.1) is 0 Å². The molecule has 4 N–H and O–H groups in total. The van der Waals surface area contributed by atoms with Crippen LogP contribution in [0.15, 0.2) is 12.1 Å². The normalized spacial score (nSPS) is 11.8. The van der Waals surface area contributed by atoms with Crippen molar-refractivity contribution >= 4 is 0 Å². The average molecular weight is 249 g/mol. The maximum atomic E-state index is 12.7. The van der Waals surface area contributed by atoms with Crippen molar-refractivity contribution in [1.29, 1.82) is 0 Å². The number of halogens is 3. The van der Waals surface area contributed by atoms with Crippen LogP contribution in [0.25, 0.3) is 0 Å². The van der Waals surface area contributed by atoms with Gasteiger partial charge in [0.25, 0.3) is 0 Å². The molecule has 0 unspecified atom stereocenters. The topological polar surface area (TPSA) is 66.5 Å². The van der Waals surface area contributed by atoms with E-state index in [4.69, 9.17) is 5.73 Å². The van der Waals surface area contributed by atoms with E-state index < -0.39 is 23.2 Å². The Morgan fingerprint density at radius 1 is 1.12 bits per heavy atom. The van der Waals surface area contributed by atoms with Gasteiger partial charge in [0.05, 0.1) is 5.56 Å². The molecule has 96 valence electrons. The summed E-state index contributed by atoms with van der Waals surface area (Å²) >= 11 is 0. The highest BCUT2D eigenvalue weighted by molar-refractivity contribution is 5.50. The van der Waals surface area contributed by atoms with Crippen LogP contribution in [0.3, 0.4) is 0 Å². The quantitative estimate of drug-likeness (QED) is 0.567. The Balaban J connectivity index is 3.09. The zero-order valence-electron chi connectivity index (χ0n) is 9.09. The number of aromatic hydroxyl groups is 2. The number of nitrogens with two attached hydrogens (primary N) is 1. The summed E-state index contributed by atoms with van der Waals surface area (Å²) in [6.45, 7) is 0.376. The summed E-state index contributed by atoms with van der Waals surface area (Å²) in [5.41, 5.74) is 4.07. The van der Waals surface area contributed by atoms with Crippen molar-refractivity contribution in [3.8, 4) is 11.5 Å². The highest BCUT2D eigenvalue weighted by atomic mass is 19.4. The smallest absolute Gasteiger partial charge is 0.416 e. The third-order valence-corrected chi connectivity index (χ3v) is 2.45. The lowest BCUT2D eigenvalue weighted by molar-refractivity contribution is -0.138. The van der Waals surface area contributed by atoms with Gasteiger partial charge in [-0.25, -0.2) is 0 Å². The molecule has 0 aliphatic carbocycles. The minimum atomic E-state index is -4.54. The Hall–Kier alpha value is -1.43. The van der Waals surface area contributed by atoms with Crippen molar-refractivity contribution in [3.05, 3.63) is 23.3 Å². The second-order valence-electron chi connectivity index (χ2n) is 3.70. The Morgan fingerprint density at radius 2 is 1.76 bits per heavy atom. The van der Waals surface area contributed by atoms with Crippen LogP contribution in [0.1, 0.15) is 24.0 Å². The Labute approximate surface area is 96.7 Å². The summed E-state index contributed by atoms with van der Waals surface area (Å²) in [6, 6.07) is 1.61. The van der Waals surface area contributed by atoms with Crippen LogP contribution in [0.2, 0.25) is 0 Å². The van der Waals surface area contributed by atoms with E-state index in [-0.39, 0.29) is 12.0 Å². The number of phenols is 2. The van der Waals surface area contributed by atoms with E-state index in [1.54, 1.807) is 0 Å². The first-order chi connectivity index (χ1) is 7.88. The van der Waals surface area contributed by atoms with Gasteiger partial charge in [0.15, 0.2) is 11.5 Å². The van der Waals surface area contributed by atoms with Crippen LogP contribution in [-0.2, 0) is 12.6 Å². The highest BCUT2D eigenvalue weighted by Crippen LogP contribution is 2.40. The van der Waals surface area contributed by atoms with Crippen molar-refractivity contribution in [1.82, 2.24) is 0 Å². The lowest BCUT2D eigenvalue weighted by Crippen LogP contribution is -2.10. The third kappa shape index (κ3) is 3.26. The van der Waals surface area contributed by atoms with E-state index in [0.717, 1.165) is 12.1 Å². The van der Waals surface area contributed by atoms with E-state index in [0.29, 0.717) is 19.4 Å². The summed E-state index contributed by atoms with van der Waals surface area (Å²) < 4.78 is 38.0. The zero-order chi connectivity index (χ0) is 13.1. The molecule has 17 heavy (non-hydrogen) atoms. The zero-order valence-corrected chi connectivity index (χ0v) is 9.09. The van der Waals surface area contributed by atoms with E-state index in [1.165, 1.54) is 0 Å². The fourth-order valence-corrected chi connectivity index (χ4v) is 1.59. The third-order valence-electron chi connectivity index (χ3n) is 2.45. The van der Waals surface area contributed by atoms with Crippen LogP contribution in [0.5, 0.6) is 11.5 Å². The number of benzene rings is 1. The molecule has 1 rings (SSSR count). The van der Waals surface area contributed by atoms with E-state index in [9.17, 15) is 23.4 Å². The first kappa shape index (κ1) is 13.6. The van der Waals surface area contributed by atoms with E-state index >= 15 is 0 Å². The molecule has 0 aliphatic heterocycles. The fourth-order valence-electron chi connectivity index (χ4n) is 1.59. The van der Waals surface area contributed by atoms with Gasteiger partial charge in [-0.2, -0.15) is 13.2 Å². The van der Waals surface area contributed by atoms with Crippen molar-refractivity contribution in [2.24, 2.45) is 5.73 Å². The molecular weight excluding hydrogens is 235 g/mol. The molecule has 1 aromatic carbocycles. The first-order valence-electron chi connectivity index (χ1n) is 5.19. The summed E-state index contributed by atoms with van der Waals surface area (Å²) in [5, 5.41) is 18.7. The Kier molecular flexibility index (Phi) is 4.22. The molecule has 0 fully saturated rings. The van der Waals surface area contributed by atoms with Crippen molar-refractivity contribution < 1.29 is 23.4 Å². The van der Waals surface area contributed by atoms with Gasteiger partial charge in [-0.05, 0) is 37.9 Å². The van der Waals surface area contributed by atoms with Gasteiger partial charge in [0.1, 0.15) is 0 Å². The second kappa shape index (κ2) is 5.27. The van der Waals surface area contributed by atoms with Crippen LogP contribution < -0.4 is 5.73 Å². The number of alkyl halides is 3. The molecule has 3 nitrogen and oxygen atoms in total. The lowest BCUT2D eigenvalue weighted by atomic mass is 9.99. The summed E-state index contributed by atoms with van der Waals surface area (Å²) in [6.07, 6.45) is -3.52. The molecular formula is C11H14F3NO2. The molecule has 0 saturated carbocycles. The molecule has 1 aromatic rings. The molecule has 0 amide bonds. The second-order valence-corrected chi connectivity index (χ2v) is 3.70. The maximum Gasteiger partial charge on any atom is 0.416 e. The molecule has 0 atom stereocenters. The van der Waals surface area contributed by atoms with Gasteiger partial charge < -0.3 is 15.9 Å².